The summed E-state index contributed by atoms with van der Waals surface area (Å²) in [6, 6.07) is 14.3. The van der Waals surface area contributed by atoms with Gasteiger partial charge in [0, 0.05) is 16.1 Å². The molecular weight excluding hydrogens is 374 g/mol. The van der Waals surface area contributed by atoms with Crippen LogP contribution in [0.25, 0.3) is 6.08 Å². The zero-order valence-corrected chi connectivity index (χ0v) is 14.4. The van der Waals surface area contributed by atoms with Gasteiger partial charge in [0.15, 0.2) is 0 Å². The molecule has 6 heteroatoms. The van der Waals surface area contributed by atoms with E-state index in [0.717, 1.165) is 10.0 Å². The molecule has 5 nitrogen and oxygen atoms in total. The van der Waals surface area contributed by atoms with E-state index in [4.69, 9.17) is 19.8 Å². The van der Waals surface area contributed by atoms with E-state index in [1.54, 1.807) is 24.3 Å². The van der Waals surface area contributed by atoms with Crippen molar-refractivity contribution in [1.82, 2.24) is 0 Å². The van der Waals surface area contributed by atoms with Gasteiger partial charge in [0.1, 0.15) is 29.7 Å². The highest BCUT2D eigenvalue weighted by Crippen LogP contribution is 2.28. The Labute approximate surface area is 147 Å². The quantitative estimate of drug-likeness (QED) is 0.597. The Balaban J connectivity index is 2.30. The lowest BCUT2D eigenvalue weighted by Gasteiger charge is -2.11. The van der Waals surface area contributed by atoms with Crippen molar-refractivity contribution in [1.29, 1.82) is 5.26 Å². The second-order valence-electron chi connectivity index (χ2n) is 4.79. The predicted molar refractivity (Wildman–Crippen MR) is 92.7 cm³/mol. The number of carboxylic acids is 1. The topological polar surface area (TPSA) is 79.5 Å². The maximum Gasteiger partial charge on any atom is 0.346 e. The number of halogens is 1. The Morgan fingerprint density at radius 3 is 2.58 bits per heavy atom. The van der Waals surface area contributed by atoms with Crippen LogP contribution in [0.1, 0.15) is 11.1 Å². The van der Waals surface area contributed by atoms with E-state index in [1.165, 1.54) is 13.2 Å². The molecule has 0 aliphatic heterocycles. The zero-order valence-electron chi connectivity index (χ0n) is 12.8. The molecule has 0 fully saturated rings. The molecule has 2 aromatic carbocycles. The first-order valence-corrected chi connectivity index (χ1v) is 7.73. The number of hydrogen-bond donors (Lipinski definition) is 1. The molecule has 0 spiro atoms. The molecule has 1 N–H and O–H groups in total. The third-order valence-electron chi connectivity index (χ3n) is 3.18. The Morgan fingerprint density at radius 2 is 2.00 bits per heavy atom. The fourth-order valence-electron chi connectivity index (χ4n) is 1.92. The number of benzene rings is 2. The number of carbonyl (C=O) groups is 1. The van der Waals surface area contributed by atoms with Gasteiger partial charge in [-0.25, -0.2) is 4.79 Å². The minimum absolute atomic E-state index is 0.302. The highest BCUT2D eigenvalue weighted by Gasteiger charge is 2.10. The average molecular weight is 388 g/mol. The molecular formula is C18H14BrNO4. The van der Waals surface area contributed by atoms with Gasteiger partial charge in [-0.1, -0.05) is 28.1 Å². The van der Waals surface area contributed by atoms with Gasteiger partial charge in [-0.15, -0.1) is 0 Å². The molecule has 0 saturated heterocycles. The molecule has 122 valence electrons. The highest BCUT2D eigenvalue weighted by atomic mass is 79.9. The summed E-state index contributed by atoms with van der Waals surface area (Å²) < 4.78 is 11.9. The average Bonchev–Trinajstić information content (AvgIpc) is 2.59. The van der Waals surface area contributed by atoms with E-state index in [-0.39, 0.29) is 5.57 Å². The van der Waals surface area contributed by atoms with E-state index in [9.17, 15) is 4.79 Å². The summed E-state index contributed by atoms with van der Waals surface area (Å²) in [7, 11) is 1.53. The Morgan fingerprint density at radius 1 is 1.29 bits per heavy atom. The van der Waals surface area contributed by atoms with Crippen molar-refractivity contribution >= 4 is 28.0 Å². The van der Waals surface area contributed by atoms with Crippen LogP contribution in [0.2, 0.25) is 0 Å². The molecule has 0 saturated carbocycles. The summed E-state index contributed by atoms with van der Waals surface area (Å²) in [5.41, 5.74) is 1.08. The van der Waals surface area contributed by atoms with Gasteiger partial charge in [-0.3, -0.25) is 0 Å². The van der Waals surface area contributed by atoms with Gasteiger partial charge in [0.05, 0.1) is 7.11 Å². The minimum Gasteiger partial charge on any atom is -0.497 e. The number of aliphatic carboxylic acids is 1. The first-order valence-electron chi connectivity index (χ1n) is 6.94. The second kappa shape index (κ2) is 8.18. The lowest BCUT2D eigenvalue weighted by Crippen LogP contribution is -2.00. The summed E-state index contributed by atoms with van der Waals surface area (Å²) in [6.07, 6.45) is 1.28. The number of nitriles is 1. The third kappa shape index (κ3) is 4.61. The van der Waals surface area contributed by atoms with Crippen LogP contribution >= 0.6 is 15.9 Å². The number of carboxylic acid groups (broad SMARTS) is 1. The van der Waals surface area contributed by atoms with Gasteiger partial charge in [0.2, 0.25) is 0 Å². The van der Waals surface area contributed by atoms with Crippen LogP contribution in [-0.4, -0.2) is 18.2 Å². The van der Waals surface area contributed by atoms with Crippen molar-refractivity contribution in [2.24, 2.45) is 0 Å². The number of hydrogen-bond acceptors (Lipinski definition) is 4. The van der Waals surface area contributed by atoms with E-state index in [1.807, 2.05) is 24.3 Å². The smallest absolute Gasteiger partial charge is 0.346 e. The van der Waals surface area contributed by atoms with Crippen LogP contribution in [0.4, 0.5) is 0 Å². The maximum absolute atomic E-state index is 11.0. The molecule has 0 unspecified atom stereocenters. The van der Waals surface area contributed by atoms with Crippen LogP contribution in [-0.2, 0) is 11.4 Å². The second-order valence-corrected chi connectivity index (χ2v) is 5.71. The highest BCUT2D eigenvalue weighted by molar-refractivity contribution is 9.10. The largest absolute Gasteiger partial charge is 0.497 e. The first-order chi connectivity index (χ1) is 11.5. The molecule has 2 aromatic rings. The molecule has 0 bridgehead atoms. The molecule has 0 amide bonds. The monoisotopic (exact) mass is 387 g/mol. The molecule has 0 aromatic heterocycles. The van der Waals surface area contributed by atoms with Gasteiger partial charge in [-0.05, 0) is 35.9 Å². The summed E-state index contributed by atoms with van der Waals surface area (Å²) in [5, 5.41) is 17.9. The van der Waals surface area contributed by atoms with Crippen LogP contribution in [0, 0.1) is 11.3 Å². The molecule has 0 atom stereocenters. The van der Waals surface area contributed by atoms with Crippen molar-refractivity contribution in [2.45, 2.75) is 6.61 Å². The number of rotatable bonds is 6. The Bertz CT molecular complexity index is 807. The van der Waals surface area contributed by atoms with Crippen LogP contribution in [0.3, 0.4) is 0 Å². The van der Waals surface area contributed by atoms with Crippen LogP contribution < -0.4 is 9.47 Å². The molecule has 0 aliphatic rings. The third-order valence-corrected chi connectivity index (χ3v) is 3.71. The van der Waals surface area contributed by atoms with Crippen molar-refractivity contribution in [3.63, 3.8) is 0 Å². The molecule has 0 heterocycles. The normalized spacial score (nSPS) is 10.8. The summed E-state index contributed by atoms with van der Waals surface area (Å²) >= 11 is 3.37. The van der Waals surface area contributed by atoms with Crippen LogP contribution in [0.15, 0.2) is 52.5 Å². The van der Waals surface area contributed by atoms with E-state index in [2.05, 4.69) is 15.9 Å². The molecule has 0 aliphatic carbocycles. The SMILES string of the molecule is COc1ccc(C=C(C#N)C(=O)O)c(OCc2ccc(Br)cc2)c1. The fourth-order valence-corrected chi connectivity index (χ4v) is 2.19. The van der Waals surface area contributed by atoms with E-state index in [0.29, 0.717) is 23.7 Å². The van der Waals surface area contributed by atoms with Gasteiger partial charge < -0.3 is 14.6 Å². The van der Waals surface area contributed by atoms with Crippen molar-refractivity contribution in [3.05, 3.63) is 63.6 Å². The van der Waals surface area contributed by atoms with Gasteiger partial charge >= 0.3 is 5.97 Å². The maximum atomic E-state index is 11.0. The molecule has 0 radical (unpaired) electrons. The Kier molecular flexibility index (Phi) is 5.99. The van der Waals surface area contributed by atoms with Gasteiger partial charge in [-0.2, -0.15) is 5.26 Å². The summed E-state index contributed by atoms with van der Waals surface area (Å²) in [6.45, 7) is 0.302. The minimum atomic E-state index is -1.29. The van der Waals surface area contributed by atoms with E-state index >= 15 is 0 Å². The Hall–Kier alpha value is -2.78. The summed E-state index contributed by atoms with van der Waals surface area (Å²) in [5.74, 6) is -0.273. The molecule has 2 rings (SSSR count). The number of methoxy groups -OCH3 is 1. The number of ether oxygens (including phenoxy) is 2. The zero-order chi connectivity index (χ0) is 17.5. The van der Waals surface area contributed by atoms with Gasteiger partial charge in [0.25, 0.3) is 0 Å². The standard InChI is InChI=1S/C18H14BrNO4/c1-23-16-7-4-13(8-14(10-20)18(21)22)17(9-16)24-11-12-2-5-15(19)6-3-12/h2-9H,11H2,1H3,(H,21,22). The van der Waals surface area contributed by atoms with Crippen molar-refractivity contribution in [3.8, 4) is 17.6 Å². The lowest BCUT2D eigenvalue weighted by molar-refractivity contribution is -0.132. The lowest BCUT2D eigenvalue weighted by atomic mass is 10.1. The first kappa shape index (κ1) is 17.6. The number of nitrogens with zero attached hydrogens (tertiary/aromatic N) is 1. The fraction of sp³-hybridized carbons (Fsp3) is 0.111. The molecule has 24 heavy (non-hydrogen) atoms. The van der Waals surface area contributed by atoms with Crippen molar-refractivity contribution in [2.75, 3.05) is 7.11 Å². The van der Waals surface area contributed by atoms with E-state index < -0.39 is 5.97 Å². The van der Waals surface area contributed by atoms with Crippen molar-refractivity contribution < 1.29 is 19.4 Å². The van der Waals surface area contributed by atoms with Crippen LogP contribution in [0.5, 0.6) is 11.5 Å². The summed E-state index contributed by atoms with van der Waals surface area (Å²) in [4.78, 5) is 11.0. The predicted octanol–water partition coefficient (Wildman–Crippen LogP) is 4.03.